The summed E-state index contributed by atoms with van der Waals surface area (Å²) in [7, 11) is 0. The van der Waals surface area contributed by atoms with Gasteiger partial charge in [0.1, 0.15) is 0 Å². The number of hydrogen-bond donors (Lipinski definition) is 1. The van der Waals surface area contributed by atoms with Crippen LogP contribution < -0.4 is 0 Å². The number of ether oxygens (including phenoxy) is 2. The van der Waals surface area contributed by atoms with E-state index in [2.05, 4.69) is 4.90 Å². The first-order valence-electron chi connectivity index (χ1n) is 7.37. The highest BCUT2D eigenvalue weighted by atomic mass is 16.5. The van der Waals surface area contributed by atoms with Crippen LogP contribution in [0.3, 0.4) is 0 Å². The summed E-state index contributed by atoms with van der Waals surface area (Å²) in [6.07, 6.45) is 5.83. The van der Waals surface area contributed by atoms with Gasteiger partial charge in [-0.2, -0.15) is 0 Å². The molecular formula is C14H27NO3. The van der Waals surface area contributed by atoms with Gasteiger partial charge in [0.15, 0.2) is 0 Å². The van der Waals surface area contributed by atoms with Crippen molar-refractivity contribution in [2.45, 2.75) is 57.3 Å². The topological polar surface area (TPSA) is 41.9 Å². The first-order valence-corrected chi connectivity index (χ1v) is 7.37. The van der Waals surface area contributed by atoms with E-state index in [0.717, 1.165) is 45.8 Å². The largest absolute Gasteiger partial charge is 0.393 e. The molecule has 2 heterocycles. The maximum absolute atomic E-state index is 9.47. The second kappa shape index (κ2) is 7.43. The predicted octanol–water partition coefficient (Wildman–Crippen LogP) is 1.42. The minimum absolute atomic E-state index is 0.191. The molecule has 2 aliphatic heterocycles. The van der Waals surface area contributed by atoms with Crippen LogP contribution in [0.1, 0.15) is 39.0 Å². The molecule has 1 N–H and O–H groups in total. The molecule has 0 radical (unpaired) electrons. The Labute approximate surface area is 110 Å². The lowest BCUT2D eigenvalue weighted by Gasteiger charge is -2.25. The molecule has 3 atom stereocenters. The number of rotatable bonds is 7. The van der Waals surface area contributed by atoms with E-state index < -0.39 is 0 Å². The van der Waals surface area contributed by atoms with Crippen molar-refractivity contribution >= 4 is 0 Å². The smallest absolute Gasteiger partial charge is 0.0809 e. The first kappa shape index (κ1) is 14.3. The van der Waals surface area contributed by atoms with Crippen LogP contribution in [-0.4, -0.2) is 61.2 Å². The zero-order chi connectivity index (χ0) is 12.8. The lowest BCUT2D eigenvalue weighted by atomic mass is 10.1. The van der Waals surface area contributed by atoms with Crippen LogP contribution in [-0.2, 0) is 9.47 Å². The van der Waals surface area contributed by atoms with E-state index in [0.29, 0.717) is 12.1 Å². The summed E-state index contributed by atoms with van der Waals surface area (Å²) in [5, 5.41) is 9.47. The summed E-state index contributed by atoms with van der Waals surface area (Å²) in [6.45, 7) is 6.46. The molecule has 4 nitrogen and oxygen atoms in total. The van der Waals surface area contributed by atoms with Gasteiger partial charge in [-0.3, -0.25) is 4.90 Å². The number of nitrogens with zero attached hydrogens (tertiary/aromatic N) is 1. The molecule has 0 aromatic carbocycles. The Morgan fingerprint density at radius 1 is 1.39 bits per heavy atom. The third-order valence-corrected chi connectivity index (χ3v) is 3.96. The summed E-state index contributed by atoms with van der Waals surface area (Å²) < 4.78 is 11.2. The van der Waals surface area contributed by atoms with Crippen LogP contribution >= 0.6 is 0 Å². The standard InChI is InChI=1S/C14H27NO3/c1-12(16)10-13-4-2-6-15(13)7-9-17-11-14-5-3-8-18-14/h12-14,16H,2-11H2,1H3. The third kappa shape index (κ3) is 4.50. The Bertz CT molecular complexity index is 229. The van der Waals surface area contributed by atoms with Crippen LogP contribution in [0, 0.1) is 0 Å². The van der Waals surface area contributed by atoms with Crippen molar-refractivity contribution in [1.29, 1.82) is 0 Å². The molecule has 3 unspecified atom stereocenters. The molecule has 106 valence electrons. The minimum Gasteiger partial charge on any atom is -0.393 e. The summed E-state index contributed by atoms with van der Waals surface area (Å²) in [5.74, 6) is 0. The van der Waals surface area contributed by atoms with E-state index in [1.54, 1.807) is 0 Å². The number of likely N-dealkylation sites (tertiary alicyclic amines) is 1. The molecule has 0 aliphatic carbocycles. The molecule has 0 amide bonds. The summed E-state index contributed by atoms with van der Waals surface area (Å²) in [5.41, 5.74) is 0. The maximum Gasteiger partial charge on any atom is 0.0809 e. The zero-order valence-electron chi connectivity index (χ0n) is 11.5. The zero-order valence-corrected chi connectivity index (χ0v) is 11.5. The van der Waals surface area contributed by atoms with Crippen molar-refractivity contribution in [3.8, 4) is 0 Å². The lowest BCUT2D eigenvalue weighted by molar-refractivity contribution is 0.00804. The Morgan fingerprint density at radius 3 is 3.00 bits per heavy atom. The quantitative estimate of drug-likeness (QED) is 0.700. The highest BCUT2D eigenvalue weighted by Crippen LogP contribution is 2.21. The molecule has 0 aromatic heterocycles. The van der Waals surface area contributed by atoms with Crippen molar-refractivity contribution in [2.75, 3.05) is 32.9 Å². The first-order chi connectivity index (χ1) is 8.75. The van der Waals surface area contributed by atoms with Gasteiger partial charge in [-0.15, -0.1) is 0 Å². The molecule has 0 aromatic rings. The Hall–Kier alpha value is -0.160. The number of aliphatic hydroxyl groups is 1. The van der Waals surface area contributed by atoms with Crippen LogP contribution in [0.5, 0.6) is 0 Å². The highest BCUT2D eigenvalue weighted by molar-refractivity contribution is 4.80. The fraction of sp³-hybridized carbons (Fsp3) is 1.00. The Morgan fingerprint density at radius 2 is 2.28 bits per heavy atom. The molecular weight excluding hydrogens is 230 g/mol. The molecule has 2 aliphatic rings. The van der Waals surface area contributed by atoms with Gasteiger partial charge in [0.2, 0.25) is 0 Å². The fourth-order valence-corrected chi connectivity index (χ4v) is 3.02. The maximum atomic E-state index is 9.47. The van der Waals surface area contributed by atoms with Crippen molar-refractivity contribution < 1.29 is 14.6 Å². The van der Waals surface area contributed by atoms with E-state index in [-0.39, 0.29) is 6.10 Å². The van der Waals surface area contributed by atoms with Crippen LogP contribution in [0.25, 0.3) is 0 Å². The predicted molar refractivity (Wildman–Crippen MR) is 70.7 cm³/mol. The molecule has 18 heavy (non-hydrogen) atoms. The van der Waals surface area contributed by atoms with E-state index in [9.17, 15) is 5.11 Å². The van der Waals surface area contributed by atoms with Gasteiger partial charge in [-0.25, -0.2) is 0 Å². The van der Waals surface area contributed by atoms with E-state index >= 15 is 0 Å². The highest BCUT2D eigenvalue weighted by Gasteiger charge is 2.25. The van der Waals surface area contributed by atoms with Crippen molar-refractivity contribution in [1.82, 2.24) is 4.90 Å². The van der Waals surface area contributed by atoms with Crippen molar-refractivity contribution in [3.63, 3.8) is 0 Å². The van der Waals surface area contributed by atoms with Gasteiger partial charge in [-0.05, 0) is 45.6 Å². The second-order valence-corrected chi connectivity index (χ2v) is 5.63. The van der Waals surface area contributed by atoms with Gasteiger partial charge in [-0.1, -0.05) is 0 Å². The van der Waals surface area contributed by atoms with E-state index in [1.165, 1.54) is 19.3 Å². The average Bonchev–Trinajstić information content (AvgIpc) is 2.95. The Kier molecular flexibility index (Phi) is 5.89. The fourth-order valence-electron chi connectivity index (χ4n) is 3.02. The van der Waals surface area contributed by atoms with Crippen molar-refractivity contribution in [3.05, 3.63) is 0 Å². The minimum atomic E-state index is -0.191. The van der Waals surface area contributed by atoms with Crippen LogP contribution in [0.15, 0.2) is 0 Å². The second-order valence-electron chi connectivity index (χ2n) is 5.63. The van der Waals surface area contributed by atoms with Gasteiger partial charge < -0.3 is 14.6 Å². The van der Waals surface area contributed by atoms with Gasteiger partial charge in [0.25, 0.3) is 0 Å². The molecule has 4 heteroatoms. The Balaban J connectivity index is 1.57. The van der Waals surface area contributed by atoms with Gasteiger partial charge in [0.05, 0.1) is 25.4 Å². The van der Waals surface area contributed by atoms with Gasteiger partial charge in [0, 0.05) is 19.2 Å². The lowest BCUT2D eigenvalue weighted by Crippen LogP contribution is -2.35. The third-order valence-electron chi connectivity index (χ3n) is 3.96. The normalized spacial score (nSPS) is 31.0. The molecule has 0 saturated carbocycles. The van der Waals surface area contributed by atoms with Crippen LogP contribution in [0.4, 0.5) is 0 Å². The SMILES string of the molecule is CC(O)CC1CCCN1CCOCC1CCCO1. The summed E-state index contributed by atoms with van der Waals surface area (Å²) in [6, 6.07) is 0.552. The summed E-state index contributed by atoms with van der Waals surface area (Å²) in [4.78, 5) is 2.46. The van der Waals surface area contributed by atoms with E-state index in [1.807, 2.05) is 6.92 Å². The molecule has 2 saturated heterocycles. The van der Waals surface area contributed by atoms with Crippen molar-refractivity contribution in [2.24, 2.45) is 0 Å². The molecule has 2 fully saturated rings. The molecule has 0 bridgehead atoms. The van der Waals surface area contributed by atoms with Crippen LogP contribution in [0.2, 0.25) is 0 Å². The molecule has 0 spiro atoms. The monoisotopic (exact) mass is 257 g/mol. The number of hydrogen-bond acceptors (Lipinski definition) is 4. The number of aliphatic hydroxyl groups excluding tert-OH is 1. The molecule has 2 rings (SSSR count). The average molecular weight is 257 g/mol. The van der Waals surface area contributed by atoms with Gasteiger partial charge >= 0.3 is 0 Å². The summed E-state index contributed by atoms with van der Waals surface area (Å²) >= 11 is 0. The van der Waals surface area contributed by atoms with E-state index in [4.69, 9.17) is 9.47 Å².